The molecule has 0 aliphatic carbocycles. The van der Waals surface area contributed by atoms with Gasteiger partial charge in [-0.25, -0.2) is 14.4 Å². The Hall–Kier alpha value is -1.35. The number of nitrogens with one attached hydrogen (secondary N) is 2. The highest BCUT2D eigenvalue weighted by atomic mass is 32.2. The number of aromatic nitrogens is 2. The maximum atomic E-state index is 11.2. The zero-order chi connectivity index (χ0) is 13.7. The second-order valence-electron chi connectivity index (χ2n) is 3.71. The van der Waals surface area contributed by atoms with Gasteiger partial charge in [0.25, 0.3) is 10.2 Å². The smallest absolute Gasteiger partial charge is 0.254 e. The van der Waals surface area contributed by atoms with Crippen molar-refractivity contribution in [2.24, 2.45) is 0 Å². The molecule has 0 aromatic carbocycles. The summed E-state index contributed by atoms with van der Waals surface area (Å²) < 4.78 is 26.9. The van der Waals surface area contributed by atoms with Crippen LogP contribution in [0.5, 0.6) is 0 Å². The topological polar surface area (TPSA) is 84.0 Å². The van der Waals surface area contributed by atoms with Gasteiger partial charge in [0.1, 0.15) is 5.01 Å². The quantitative estimate of drug-likeness (QED) is 0.826. The summed E-state index contributed by atoms with van der Waals surface area (Å²) in [4.78, 5) is 8.65. The first-order valence-corrected chi connectivity index (χ1v) is 8.01. The van der Waals surface area contributed by atoms with Gasteiger partial charge in [0.15, 0.2) is 0 Å². The Bertz CT molecular complexity index is 625. The Morgan fingerprint density at radius 1 is 1.37 bits per heavy atom. The highest BCUT2D eigenvalue weighted by Gasteiger charge is 2.08. The molecule has 0 radical (unpaired) electrons. The van der Waals surface area contributed by atoms with E-state index in [0.29, 0.717) is 13.0 Å². The Balaban J connectivity index is 1.95. The lowest BCUT2D eigenvalue weighted by molar-refractivity contribution is 0.573. The van der Waals surface area contributed by atoms with Crippen LogP contribution < -0.4 is 9.44 Å². The van der Waals surface area contributed by atoms with Crippen LogP contribution in [0.3, 0.4) is 0 Å². The average Bonchev–Trinajstić information content (AvgIpc) is 2.88. The van der Waals surface area contributed by atoms with Crippen LogP contribution in [0.25, 0.3) is 10.7 Å². The zero-order valence-corrected chi connectivity index (χ0v) is 12.0. The van der Waals surface area contributed by atoms with Crippen molar-refractivity contribution in [2.75, 3.05) is 13.6 Å². The highest BCUT2D eigenvalue weighted by Crippen LogP contribution is 2.21. The maximum absolute atomic E-state index is 11.2. The van der Waals surface area contributed by atoms with Gasteiger partial charge in [0, 0.05) is 31.6 Å². The molecule has 0 saturated carbocycles. The largest absolute Gasteiger partial charge is 0.276 e. The van der Waals surface area contributed by atoms with E-state index in [1.165, 1.54) is 18.4 Å². The zero-order valence-electron chi connectivity index (χ0n) is 10.3. The van der Waals surface area contributed by atoms with Gasteiger partial charge >= 0.3 is 0 Å². The summed E-state index contributed by atoms with van der Waals surface area (Å²) in [7, 11) is -2.01. The third-order valence-corrected chi connectivity index (χ3v) is 4.41. The Morgan fingerprint density at radius 3 is 2.89 bits per heavy atom. The molecule has 0 aliphatic rings. The van der Waals surface area contributed by atoms with E-state index in [0.717, 1.165) is 16.4 Å². The molecule has 6 nitrogen and oxygen atoms in total. The first-order valence-electron chi connectivity index (χ1n) is 5.64. The van der Waals surface area contributed by atoms with Crippen LogP contribution in [-0.2, 0) is 16.6 Å². The molecule has 0 fully saturated rings. The Morgan fingerprint density at radius 2 is 2.21 bits per heavy atom. The van der Waals surface area contributed by atoms with Gasteiger partial charge in [0.2, 0.25) is 0 Å². The summed E-state index contributed by atoms with van der Waals surface area (Å²) >= 11 is 1.50. The summed E-state index contributed by atoms with van der Waals surface area (Å²) in [5.41, 5.74) is 1.68. The van der Waals surface area contributed by atoms with Gasteiger partial charge in [0.05, 0.1) is 11.4 Å². The van der Waals surface area contributed by atoms with Crippen molar-refractivity contribution in [3.63, 3.8) is 0 Å². The molecule has 0 aliphatic heterocycles. The molecule has 0 atom stereocenters. The van der Waals surface area contributed by atoms with E-state index in [4.69, 9.17) is 0 Å². The predicted molar refractivity (Wildman–Crippen MR) is 75.0 cm³/mol. The van der Waals surface area contributed by atoms with E-state index in [-0.39, 0.29) is 0 Å². The highest BCUT2D eigenvalue weighted by molar-refractivity contribution is 7.87. The minimum absolute atomic E-state index is 0.314. The number of rotatable bonds is 6. The lowest BCUT2D eigenvalue weighted by Crippen LogP contribution is -2.35. The fourth-order valence-corrected chi connectivity index (χ4v) is 2.76. The van der Waals surface area contributed by atoms with Gasteiger partial charge in [-0.3, -0.25) is 4.98 Å². The molecule has 0 saturated heterocycles. The number of pyridine rings is 1. The minimum atomic E-state index is -3.37. The third-order valence-electron chi connectivity index (χ3n) is 2.38. The first kappa shape index (κ1) is 14.1. The van der Waals surface area contributed by atoms with Gasteiger partial charge < -0.3 is 0 Å². The van der Waals surface area contributed by atoms with Crippen LogP contribution in [-0.4, -0.2) is 32.0 Å². The van der Waals surface area contributed by atoms with Crippen molar-refractivity contribution in [1.29, 1.82) is 0 Å². The normalized spacial score (nSPS) is 11.6. The van der Waals surface area contributed by atoms with Gasteiger partial charge in [-0.15, -0.1) is 11.3 Å². The van der Waals surface area contributed by atoms with E-state index in [1.54, 1.807) is 6.20 Å². The van der Waals surface area contributed by atoms with Crippen LogP contribution >= 0.6 is 11.3 Å². The Kier molecular flexibility index (Phi) is 4.59. The molecule has 8 heteroatoms. The molecule has 0 spiro atoms. The van der Waals surface area contributed by atoms with Crippen molar-refractivity contribution in [1.82, 2.24) is 19.4 Å². The van der Waals surface area contributed by atoms with Crippen LogP contribution in [0, 0.1) is 0 Å². The van der Waals surface area contributed by atoms with Crippen LogP contribution in [0.4, 0.5) is 0 Å². The molecule has 0 amide bonds. The SMILES string of the molecule is CNS(=O)(=O)NCCc1csc(-c2ccccn2)n1. The molecule has 0 unspecified atom stereocenters. The minimum Gasteiger partial charge on any atom is -0.254 e. The van der Waals surface area contributed by atoms with Crippen LogP contribution in [0.2, 0.25) is 0 Å². The number of hydrogen-bond donors (Lipinski definition) is 2. The van der Waals surface area contributed by atoms with Crippen molar-refractivity contribution in [3.05, 3.63) is 35.5 Å². The summed E-state index contributed by atoms with van der Waals surface area (Å²) in [6.45, 7) is 0.314. The number of hydrogen-bond acceptors (Lipinski definition) is 5. The summed E-state index contributed by atoms with van der Waals surface area (Å²) in [6.07, 6.45) is 2.27. The van der Waals surface area contributed by atoms with Crippen molar-refractivity contribution >= 4 is 21.5 Å². The van der Waals surface area contributed by atoms with E-state index in [1.807, 2.05) is 23.6 Å². The van der Waals surface area contributed by atoms with Crippen LogP contribution in [0.15, 0.2) is 29.8 Å². The average molecular weight is 298 g/mol. The van der Waals surface area contributed by atoms with Gasteiger partial charge in [-0.05, 0) is 12.1 Å². The van der Waals surface area contributed by atoms with Crippen molar-refractivity contribution < 1.29 is 8.42 Å². The second-order valence-corrected chi connectivity index (χ2v) is 6.27. The lowest BCUT2D eigenvalue weighted by Gasteiger charge is -2.02. The van der Waals surface area contributed by atoms with Crippen molar-refractivity contribution in [2.45, 2.75) is 6.42 Å². The molecule has 19 heavy (non-hydrogen) atoms. The molecular formula is C11H14N4O2S2. The van der Waals surface area contributed by atoms with Crippen LogP contribution in [0.1, 0.15) is 5.69 Å². The maximum Gasteiger partial charge on any atom is 0.276 e. The fraction of sp³-hybridized carbons (Fsp3) is 0.273. The predicted octanol–water partition coefficient (Wildman–Crippen LogP) is 0.801. The second kappa shape index (κ2) is 6.20. The van der Waals surface area contributed by atoms with E-state index in [2.05, 4.69) is 19.4 Å². The van der Waals surface area contributed by atoms with Crippen molar-refractivity contribution in [3.8, 4) is 10.7 Å². The van der Waals surface area contributed by atoms with Gasteiger partial charge in [-0.2, -0.15) is 8.42 Å². The first-order chi connectivity index (χ1) is 9.11. The molecular weight excluding hydrogens is 284 g/mol. The fourth-order valence-electron chi connectivity index (χ4n) is 1.41. The summed E-state index contributed by atoms with van der Waals surface area (Å²) in [6, 6.07) is 5.65. The Labute approximate surface area is 116 Å². The number of nitrogens with zero attached hydrogens (tertiary/aromatic N) is 2. The monoisotopic (exact) mass is 298 g/mol. The molecule has 102 valence electrons. The molecule has 2 aromatic heterocycles. The third kappa shape index (κ3) is 4.06. The summed E-state index contributed by atoms with van der Waals surface area (Å²) in [5, 5.41) is 2.75. The lowest BCUT2D eigenvalue weighted by atomic mass is 10.3. The molecule has 2 aromatic rings. The molecule has 2 N–H and O–H groups in total. The van der Waals surface area contributed by atoms with E-state index >= 15 is 0 Å². The standard InChI is InChI=1S/C11H14N4O2S2/c1-12-19(16,17)14-7-5-9-8-18-11(15-9)10-4-2-3-6-13-10/h2-4,6,8,12,14H,5,7H2,1H3. The van der Waals surface area contributed by atoms with E-state index < -0.39 is 10.2 Å². The number of thiazole rings is 1. The molecule has 0 bridgehead atoms. The van der Waals surface area contributed by atoms with E-state index in [9.17, 15) is 8.42 Å². The van der Waals surface area contributed by atoms with Gasteiger partial charge in [-0.1, -0.05) is 6.07 Å². The molecule has 2 heterocycles. The summed E-state index contributed by atoms with van der Waals surface area (Å²) in [5.74, 6) is 0. The molecule has 2 rings (SSSR count).